The highest BCUT2D eigenvalue weighted by Crippen LogP contribution is 2.45. The predicted molar refractivity (Wildman–Crippen MR) is 58.4 cm³/mol. The summed E-state index contributed by atoms with van der Waals surface area (Å²) in [5.41, 5.74) is 2.19. The van der Waals surface area contributed by atoms with Gasteiger partial charge in [0.15, 0.2) is 0 Å². The van der Waals surface area contributed by atoms with Gasteiger partial charge in [-0.15, -0.1) is 0 Å². The molecule has 1 aromatic carbocycles. The number of hydrogen-bond donors (Lipinski definition) is 0. The minimum absolute atomic E-state index is 0.0620. The van der Waals surface area contributed by atoms with Gasteiger partial charge in [0.05, 0.1) is 11.5 Å². The van der Waals surface area contributed by atoms with Crippen LogP contribution in [0.4, 0.5) is 0 Å². The second-order valence-corrected chi connectivity index (χ2v) is 4.47. The Hall–Kier alpha value is -1.57. The van der Waals surface area contributed by atoms with Crippen molar-refractivity contribution in [2.24, 2.45) is 0 Å². The van der Waals surface area contributed by atoms with Crippen molar-refractivity contribution in [1.29, 1.82) is 0 Å². The van der Waals surface area contributed by atoms with Gasteiger partial charge in [0, 0.05) is 7.05 Å². The van der Waals surface area contributed by atoms with Gasteiger partial charge in [0.25, 0.3) is 0 Å². The lowest BCUT2D eigenvalue weighted by Gasteiger charge is -2.48. The first-order chi connectivity index (χ1) is 7.14. The lowest BCUT2D eigenvalue weighted by molar-refractivity contribution is -0.136. The van der Waals surface area contributed by atoms with Gasteiger partial charge >= 0.3 is 0 Å². The number of carbonyl (C=O) groups excluding carboxylic acids is 1. The molecule has 2 heterocycles. The number of likely N-dealkylation sites (N-methyl/N-ethyl adjacent to an activating group) is 1. The van der Waals surface area contributed by atoms with E-state index in [2.05, 4.69) is 25.1 Å². The fourth-order valence-electron chi connectivity index (χ4n) is 2.65. The fourth-order valence-corrected chi connectivity index (χ4v) is 2.65. The summed E-state index contributed by atoms with van der Waals surface area (Å²) in [6, 6.07) is 8.22. The normalized spacial score (nSPS) is 32.0. The minimum atomic E-state index is -0.248. The average molecular weight is 199 g/mol. The molecule has 0 fully saturated rings. The van der Waals surface area contributed by atoms with Crippen LogP contribution in [-0.2, 0) is 10.3 Å². The van der Waals surface area contributed by atoms with Crippen molar-refractivity contribution in [3.63, 3.8) is 0 Å². The molecule has 15 heavy (non-hydrogen) atoms. The topological polar surface area (TPSA) is 20.3 Å². The maximum absolute atomic E-state index is 12.0. The summed E-state index contributed by atoms with van der Waals surface area (Å²) in [7, 11) is 1.88. The number of carbonyl (C=O) groups is 1. The number of benzene rings is 1. The average Bonchev–Trinajstić information content (AvgIpc) is 2.26. The molecule has 2 aliphatic heterocycles. The maximum Gasteiger partial charge on any atom is 0.234 e. The molecule has 0 N–H and O–H groups in total. The highest BCUT2D eigenvalue weighted by molar-refractivity contribution is 5.91. The van der Waals surface area contributed by atoms with Crippen LogP contribution in [0.15, 0.2) is 36.4 Å². The van der Waals surface area contributed by atoms with Crippen LogP contribution in [0.2, 0.25) is 0 Å². The van der Waals surface area contributed by atoms with E-state index in [0.29, 0.717) is 0 Å². The summed E-state index contributed by atoms with van der Waals surface area (Å²) in [6.07, 6.45) is 4.17. The first-order valence-corrected chi connectivity index (χ1v) is 5.21. The van der Waals surface area contributed by atoms with E-state index in [-0.39, 0.29) is 17.4 Å². The van der Waals surface area contributed by atoms with Gasteiger partial charge in [-0.2, -0.15) is 0 Å². The van der Waals surface area contributed by atoms with Crippen LogP contribution in [0, 0.1) is 0 Å². The van der Waals surface area contributed by atoms with Crippen LogP contribution < -0.4 is 0 Å². The molecule has 0 saturated heterocycles. The number of fused-ring (bicyclic) bond motifs is 1. The van der Waals surface area contributed by atoms with Crippen molar-refractivity contribution >= 4 is 5.91 Å². The zero-order valence-electron chi connectivity index (χ0n) is 8.90. The van der Waals surface area contributed by atoms with Gasteiger partial charge in [-0.3, -0.25) is 4.79 Å². The third-order valence-electron chi connectivity index (χ3n) is 3.75. The van der Waals surface area contributed by atoms with E-state index in [1.807, 2.05) is 30.2 Å². The Kier molecular flexibility index (Phi) is 1.46. The standard InChI is InChI=1S/C13H13NO/c1-13-8-7-10(12(15)14(13)2)9-5-3-4-6-11(9)13/h3-8,10H,1-2H3/t10?,13-/m1/s1. The number of nitrogens with zero attached hydrogens (tertiary/aromatic N) is 1. The van der Waals surface area contributed by atoms with Crippen LogP contribution in [0.1, 0.15) is 24.0 Å². The molecule has 0 aromatic heterocycles. The Balaban J connectivity index is 2.34. The largest absolute Gasteiger partial charge is 0.332 e. The molecule has 1 aliphatic carbocycles. The van der Waals surface area contributed by atoms with Crippen LogP contribution in [0.5, 0.6) is 0 Å². The van der Waals surface area contributed by atoms with E-state index < -0.39 is 0 Å². The van der Waals surface area contributed by atoms with Crippen LogP contribution in [0.3, 0.4) is 0 Å². The van der Waals surface area contributed by atoms with Gasteiger partial charge in [0.2, 0.25) is 5.91 Å². The predicted octanol–water partition coefficient (Wildman–Crippen LogP) is 2.03. The SMILES string of the molecule is CN1C(=O)C2C=C[C@]1(C)c1ccccc12. The van der Waals surface area contributed by atoms with Crippen molar-refractivity contribution < 1.29 is 4.79 Å². The van der Waals surface area contributed by atoms with Crippen LogP contribution in [0.25, 0.3) is 0 Å². The zero-order valence-corrected chi connectivity index (χ0v) is 8.90. The summed E-state index contributed by atoms with van der Waals surface area (Å²) < 4.78 is 0. The smallest absolute Gasteiger partial charge is 0.234 e. The molecule has 1 aromatic rings. The minimum Gasteiger partial charge on any atom is -0.332 e. The molecule has 2 heteroatoms. The molecule has 2 atom stereocenters. The Morgan fingerprint density at radius 2 is 2.07 bits per heavy atom. The van der Waals surface area contributed by atoms with E-state index in [9.17, 15) is 4.79 Å². The Bertz CT molecular complexity index is 477. The van der Waals surface area contributed by atoms with Crippen molar-refractivity contribution in [1.82, 2.24) is 4.90 Å². The van der Waals surface area contributed by atoms with Crippen LogP contribution >= 0.6 is 0 Å². The molecule has 2 bridgehead atoms. The van der Waals surface area contributed by atoms with Gasteiger partial charge in [0.1, 0.15) is 0 Å². The summed E-state index contributed by atoms with van der Waals surface area (Å²) >= 11 is 0. The van der Waals surface area contributed by atoms with E-state index in [0.717, 1.165) is 0 Å². The summed E-state index contributed by atoms with van der Waals surface area (Å²) in [5.74, 6) is 0.145. The Morgan fingerprint density at radius 3 is 2.87 bits per heavy atom. The van der Waals surface area contributed by atoms with Gasteiger partial charge in [-0.05, 0) is 18.1 Å². The summed E-state index contributed by atoms with van der Waals surface area (Å²) in [6.45, 7) is 2.09. The van der Waals surface area contributed by atoms with Gasteiger partial charge < -0.3 is 4.90 Å². The Morgan fingerprint density at radius 1 is 1.33 bits per heavy atom. The van der Waals surface area contributed by atoms with Crippen LogP contribution in [-0.4, -0.2) is 17.9 Å². The van der Waals surface area contributed by atoms with Crippen molar-refractivity contribution in [3.8, 4) is 0 Å². The molecular formula is C13H13NO. The molecule has 4 rings (SSSR count). The number of hydrogen-bond acceptors (Lipinski definition) is 1. The molecule has 1 amide bonds. The monoisotopic (exact) mass is 199 g/mol. The van der Waals surface area contributed by atoms with E-state index in [1.54, 1.807) is 0 Å². The molecule has 2 nitrogen and oxygen atoms in total. The van der Waals surface area contributed by atoms with Crippen molar-refractivity contribution in [2.75, 3.05) is 7.05 Å². The van der Waals surface area contributed by atoms with E-state index in [4.69, 9.17) is 0 Å². The molecular weight excluding hydrogens is 186 g/mol. The maximum atomic E-state index is 12.0. The first kappa shape index (κ1) is 8.72. The van der Waals surface area contributed by atoms with Gasteiger partial charge in [-0.1, -0.05) is 36.4 Å². The molecule has 0 spiro atoms. The fraction of sp³-hybridized carbons (Fsp3) is 0.308. The molecule has 3 aliphatic rings. The number of amides is 1. The highest BCUT2D eigenvalue weighted by atomic mass is 16.2. The highest BCUT2D eigenvalue weighted by Gasteiger charge is 2.46. The first-order valence-electron chi connectivity index (χ1n) is 5.21. The summed E-state index contributed by atoms with van der Waals surface area (Å²) in [5, 5.41) is 0. The lowest BCUT2D eigenvalue weighted by Crippen LogP contribution is -2.52. The second-order valence-electron chi connectivity index (χ2n) is 4.47. The molecule has 76 valence electrons. The van der Waals surface area contributed by atoms with E-state index >= 15 is 0 Å². The third kappa shape index (κ3) is 0.870. The summed E-state index contributed by atoms with van der Waals surface area (Å²) in [4.78, 5) is 13.9. The second kappa shape index (κ2) is 2.51. The zero-order chi connectivity index (χ0) is 10.6. The third-order valence-corrected chi connectivity index (χ3v) is 3.75. The van der Waals surface area contributed by atoms with E-state index in [1.165, 1.54) is 11.1 Å². The molecule has 0 radical (unpaired) electrons. The van der Waals surface area contributed by atoms with Crippen molar-refractivity contribution in [3.05, 3.63) is 47.5 Å². The number of rotatable bonds is 0. The molecule has 0 saturated carbocycles. The molecule has 1 unspecified atom stereocenters. The Labute approximate surface area is 89.2 Å². The quantitative estimate of drug-likeness (QED) is 0.585. The van der Waals surface area contributed by atoms with Crippen molar-refractivity contribution in [2.45, 2.75) is 18.4 Å². The van der Waals surface area contributed by atoms with Gasteiger partial charge in [-0.25, -0.2) is 0 Å². The lowest BCUT2D eigenvalue weighted by atomic mass is 9.72.